The number of fused-ring (bicyclic) bond motifs is 1. The molecule has 96 valence electrons. The first kappa shape index (κ1) is 12.9. The summed E-state index contributed by atoms with van der Waals surface area (Å²) in [7, 11) is 0. The number of hydrogen-bond donors (Lipinski definition) is 0. The zero-order valence-corrected chi connectivity index (χ0v) is 11.2. The fourth-order valence-corrected chi connectivity index (χ4v) is 2.68. The van der Waals surface area contributed by atoms with E-state index in [4.69, 9.17) is 0 Å². The average molecular weight is 243 g/mol. The van der Waals surface area contributed by atoms with E-state index < -0.39 is 0 Å². The molecular formula is C16H21NO. The largest absolute Gasteiger partial charge is 0.332 e. The van der Waals surface area contributed by atoms with Gasteiger partial charge in [-0.25, -0.2) is 0 Å². The van der Waals surface area contributed by atoms with Gasteiger partial charge in [0, 0.05) is 13.0 Å². The third kappa shape index (κ3) is 2.47. The van der Waals surface area contributed by atoms with Crippen LogP contribution in [0, 0.1) is 0 Å². The summed E-state index contributed by atoms with van der Waals surface area (Å²) in [5.41, 5.74) is 2.74. The molecule has 0 saturated carbocycles. The van der Waals surface area contributed by atoms with Gasteiger partial charge in [0.05, 0.1) is 6.04 Å². The molecule has 0 aliphatic heterocycles. The summed E-state index contributed by atoms with van der Waals surface area (Å²) in [6.45, 7) is 4.66. The molecule has 0 heterocycles. The summed E-state index contributed by atoms with van der Waals surface area (Å²) in [5, 5.41) is 0. The highest BCUT2D eigenvalue weighted by Crippen LogP contribution is 2.35. The summed E-state index contributed by atoms with van der Waals surface area (Å²) >= 11 is 0. The van der Waals surface area contributed by atoms with Gasteiger partial charge in [0.25, 0.3) is 0 Å². The molecule has 2 rings (SSSR count). The van der Waals surface area contributed by atoms with Crippen molar-refractivity contribution in [2.75, 3.05) is 6.54 Å². The Morgan fingerprint density at radius 2 is 2.22 bits per heavy atom. The molecule has 2 nitrogen and oxygen atoms in total. The van der Waals surface area contributed by atoms with Crippen molar-refractivity contribution in [1.29, 1.82) is 0 Å². The number of hydrogen-bond acceptors (Lipinski definition) is 1. The van der Waals surface area contributed by atoms with Crippen LogP contribution < -0.4 is 0 Å². The van der Waals surface area contributed by atoms with Crippen molar-refractivity contribution in [3.8, 4) is 0 Å². The monoisotopic (exact) mass is 243 g/mol. The van der Waals surface area contributed by atoms with Crippen molar-refractivity contribution in [1.82, 2.24) is 4.90 Å². The first-order chi connectivity index (χ1) is 8.77. The Hall–Kier alpha value is -1.57. The number of carbonyl (C=O) groups is 1. The lowest BCUT2D eigenvalue weighted by atomic mass is 10.1. The standard InChI is InChI=1S/C16H21NO/c1-3-5-12-17(16(18)4-2)15-11-10-13-8-6-7-9-14(13)15/h3,5-9,15H,4,10-12H2,1-2H3. The Bertz CT molecular complexity index is 450. The third-order valence-corrected chi connectivity index (χ3v) is 3.64. The van der Waals surface area contributed by atoms with Crippen molar-refractivity contribution in [2.24, 2.45) is 0 Å². The maximum atomic E-state index is 12.1. The quantitative estimate of drug-likeness (QED) is 0.741. The Labute approximate surface area is 109 Å². The number of rotatable bonds is 4. The average Bonchev–Trinajstić information content (AvgIpc) is 2.83. The molecule has 18 heavy (non-hydrogen) atoms. The number of allylic oxidation sites excluding steroid dienone is 1. The lowest BCUT2D eigenvalue weighted by molar-refractivity contribution is -0.132. The van der Waals surface area contributed by atoms with Gasteiger partial charge in [-0.1, -0.05) is 43.3 Å². The molecule has 0 radical (unpaired) electrons. The van der Waals surface area contributed by atoms with E-state index in [0.29, 0.717) is 6.42 Å². The first-order valence-electron chi connectivity index (χ1n) is 6.76. The molecule has 0 aromatic heterocycles. The van der Waals surface area contributed by atoms with E-state index in [2.05, 4.69) is 30.3 Å². The Morgan fingerprint density at radius 3 is 2.94 bits per heavy atom. The van der Waals surface area contributed by atoms with Gasteiger partial charge in [0.15, 0.2) is 0 Å². The van der Waals surface area contributed by atoms with Gasteiger partial charge in [-0.2, -0.15) is 0 Å². The van der Waals surface area contributed by atoms with E-state index in [9.17, 15) is 4.79 Å². The van der Waals surface area contributed by atoms with E-state index in [-0.39, 0.29) is 11.9 Å². The molecule has 1 aromatic rings. The summed E-state index contributed by atoms with van der Waals surface area (Å²) in [6, 6.07) is 8.77. The second kappa shape index (κ2) is 5.85. The van der Waals surface area contributed by atoms with Crippen LogP contribution in [0.25, 0.3) is 0 Å². The van der Waals surface area contributed by atoms with Crippen molar-refractivity contribution < 1.29 is 4.79 Å². The fourth-order valence-electron chi connectivity index (χ4n) is 2.68. The minimum atomic E-state index is 0.245. The van der Waals surface area contributed by atoms with Crippen LogP contribution in [0.1, 0.15) is 43.9 Å². The van der Waals surface area contributed by atoms with E-state index >= 15 is 0 Å². The van der Waals surface area contributed by atoms with Gasteiger partial charge in [-0.3, -0.25) is 4.79 Å². The van der Waals surface area contributed by atoms with Gasteiger partial charge in [0.1, 0.15) is 0 Å². The molecule has 0 fully saturated rings. The molecule has 1 aliphatic carbocycles. The molecule has 0 N–H and O–H groups in total. The van der Waals surface area contributed by atoms with Crippen molar-refractivity contribution in [3.63, 3.8) is 0 Å². The summed E-state index contributed by atoms with van der Waals surface area (Å²) in [5.74, 6) is 0.245. The van der Waals surface area contributed by atoms with E-state index in [1.54, 1.807) is 0 Å². The van der Waals surface area contributed by atoms with Crippen LogP contribution >= 0.6 is 0 Å². The second-order valence-corrected chi connectivity index (χ2v) is 4.72. The topological polar surface area (TPSA) is 20.3 Å². The predicted molar refractivity (Wildman–Crippen MR) is 74.3 cm³/mol. The van der Waals surface area contributed by atoms with Crippen LogP contribution in [0.5, 0.6) is 0 Å². The molecule has 1 unspecified atom stereocenters. The maximum absolute atomic E-state index is 12.1. The summed E-state index contributed by atoms with van der Waals surface area (Å²) in [6.07, 6.45) is 6.80. The molecule has 1 aliphatic rings. The SMILES string of the molecule is CC=CCN(C(=O)CC)C1CCc2ccccc21. The Balaban J connectivity index is 2.24. The Kier molecular flexibility index (Phi) is 4.19. The van der Waals surface area contributed by atoms with Crippen LogP contribution in [0.3, 0.4) is 0 Å². The highest BCUT2D eigenvalue weighted by molar-refractivity contribution is 5.76. The minimum Gasteiger partial charge on any atom is -0.332 e. The van der Waals surface area contributed by atoms with Crippen molar-refractivity contribution >= 4 is 5.91 Å². The van der Waals surface area contributed by atoms with Gasteiger partial charge in [-0.05, 0) is 30.9 Å². The number of aryl methyl sites for hydroxylation is 1. The summed E-state index contributed by atoms with van der Waals surface area (Å²) in [4.78, 5) is 14.1. The molecule has 0 spiro atoms. The Morgan fingerprint density at radius 1 is 1.44 bits per heavy atom. The molecule has 1 atom stereocenters. The molecule has 1 aromatic carbocycles. The van der Waals surface area contributed by atoms with Crippen LogP contribution in [0.2, 0.25) is 0 Å². The molecule has 0 saturated heterocycles. The maximum Gasteiger partial charge on any atom is 0.223 e. The number of carbonyl (C=O) groups excluding carboxylic acids is 1. The van der Waals surface area contributed by atoms with Gasteiger partial charge in [0.2, 0.25) is 5.91 Å². The van der Waals surface area contributed by atoms with Crippen LogP contribution in [-0.4, -0.2) is 17.4 Å². The number of nitrogens with zero attached hydrogens (tertiary/aromatic N) is 1. The van der Waals surface area contributed by atoms with Crippen molar-refractivity contribution in [2.45, 2.75) is 39.2 Å². The molecule has 2 heteroatoms. The summed E-state index contributed by atoms with van der Waals surface area (Å²) < 4.78 is 0. The lowest BCUT2D eigenvalue weighted by Crippen LogP contribution is -2.33. The van der Waals surface area contributed by atoms with E-state index in [0.717, 1.165) is 19.4 Å². The number of benzene rings is 1. The zero-order valence-electron chi connectivity index (χ0n) is 11.2. The molecular weight excluding hydrogens is 222 g/mol. The normalized spacial score (nSPS) is 18.0. The smallest absolute Gasteiger partial charge is 0.223 e. The van der Waals surface area contributed by atoms with Crippen LogP contribution in [0.4, 0.5) is 0 Å². The first-order valence-corrected chi connectivity index (χ1v) is 6.76. The lowest BCUT2D eigenvalue weighted by Gasteiger charge is -2.28. The van der Waals surface area contributed by atoms with Gasteiger partial charge in [-0.15, -0.1) is 0 Å². The third-order valence-electron chi connectivity index (χ3n) is 3.64. The minimum absolute atomic E-state index is 0.245. The second-order valence-electron chi connectivity index (χ2n) is 4.72. The predicted octanol–water partition coefficient (Wildman–Crippen LogP) is 3.49. The fraction of sp³-hybridized carbons (Fsp3) is 0.438. The highest BCUT2D eigenvalue weighted by atomic mass is 16.2. The van der Waals surface area contributed by atoms with Gasteiger partial charge >= 0.3 is 0 Å². The molecule has 1 amide bonds. The molecule has 0 bridgehead atoms. The van der Waals surface area contributed by atoms with Crippen LogP contribution in [0.15, 0.2) is 36.4 Å². The highest BCUT2D eigenvalue weighted by Gasteiger charge is 2.29. The van der Waals surface area contributed by atoms with E-state index in [1.807, 2.05) is 24.8 Å². The van der Waals surface area contributed by atoms with E-state index in [1.165, 1.54) is 11.1 Å². The zero-order chi connectivity index (χ0) is 13.0. The number of amides is 1. The van der Waals surface area contributed by atoms with Crippen molar-refractivity contribution in [3.05, 3.63) is 47.5 Å². The van der Waals surface area contributed by atoms with Gasteiger partial charge < -0.3 is 4.90 Å². The van der Waals surface area contributed by atoms with Crippen LogP contribution in [-0.2, 0) is 11.2 Å².